The van der Waals surface area contributed by atoms with Crippen LogP contribution in [0.25, 0.3) is 0 Å². The number of ether oxygens (including phenoxy) is 1. The number of likely N-dealkylation sites (N-methyl/N-ethyl adjacent to an activating group) is 1. The minimum Gasteiger partial charge on any atom is -0.497 e. The Morgan fingerprint density at radius 1 is 1.11 bits per heavy atom. The molecule has 8 heteroatoms. The van der Waals surface area contributed by atoms with Crippen LogP contribution >= 0.6 is 23.2 Å². The zero-order valence-corrected chi connectivity index (χ0v) is 16.8. The second-order valence-electron chi connectivity index (χ2n) is 5.98. The second kappa shape index (κ2) is 9.60. The summed E-state index contributed by atoms with van der Waals surface area (Å²) in [6.07, 6.45) is 0. The van der Waals surface area contributed by atoms with Gasteiger partial charge in [0.1, 0.15) is 5.75 Å². The number of halogens is 2. The van der Waals surface area contributed by atoms with Crippen LogP contribution in [0.15, 0.2) is 42.5 Å². The van der Waals surface area contributed by atoms with Crippen molar-refractivity contribution in [2.75, 3.05) is 31.3 Å². The molecule has 0 spiro atoms. The molecule has 0 radical (unpaired) electrons. The lowest BCUT2D eigenvalue weighted by molar-refractivity contribution is -0.122. The first-order valence-electron chi connectivity index (χ1n) is 8.20. The molecule has 0 heterocycles. The van der Waals surface area contributed by atoms with E-state index >= 15 is 0 Å². The molecule has 0 saturated carbocycles. The van der Waals surface area contributed by atoms with Gasteiger partial charge in [-0.1, -0.05) is 23.2 Å². The van der Waals surface area contributed by atoms with Crippen molar-refractivity contribution < 1.29 is 14.3 Å². The van der Waals surface area contributed by atoms with Crippen LogP contribution in [0.2, 0.25) is 10.0 Å². The smallest absolute Gasteiger partial charge is 0.241 e. The predicted molar refractivity (Wildman–Crippen MR) is 109 cm³/mol. The number of carbonyl (C=O) groups excluding carboxylic acids is 2. The van der Waals surface area contributed by atoms with Crippen LogP contribution in [0.5, 0.6) is 5.75 Å². The largest absolute Gasteiger partial charge is 0.497 e. The Balaban J connectivity index is 1.90. The molecule has 2 aromatic rings. The van der Waals surface area contributed by atoms with Crippen molar-refractivity contribution in [1.82, 2.24) is 4.90 Å². The van der Waals surface area contributed by atoms with Crippen LogP contribution in [0, 0.1) is 0 Å². The lowest BCUT2D eigenvalue weighted by atomic mass is 10.2. The molecular formula is C19H21Cl2N3O3. The molecule has 27 heavy (non-hydrogen) atoms. The zero-order valence-electron chi connectivity index (χ0n) is 15.3. The highest BCUT2D eigenvalue weighted by Gasteiger charge is 2.21. The number of rotatable bonds is 7. The number of amides is 2. The number of anilines is 2. The van der Waals surface area contributed by atoms with Gasteiger partial charge in [0.05, 0.1) is 30.4 Å². The molecule has 0 bridgehead atoms. The molecule has 0 aliphatic heterocycles. The molecule has 6 nitrogen and oxygen atoms in total. The van der Waals surface area contributed by atoms with Crippen LogP contribution in [-0.4, -0.2) is 43.5 Å². The van der Waals surface area contributed by atoms with E-state index in [1.807, 2.05) is 0 Å². The Hall–Kier alpha value is -2.28. The summed E-state index contributed by atoms with van der Waals surface area (Å²) in [7, 11) is 3.27. The van der Waals surface area contributed by atoms with Gasteiger partial charge in [0, 0.05) is 10.7 Å². The monoisotopic (exact) mass is 409 g/mol. The van der Waals surface area contributed by atoms with E-state index in [9.17, 15) is 9.59 Å². The van der Waals surface area contributed by atoms with E-state index in [1.54, 1.807) is 68.4 Å². The summed E-state index contributed by atoms with van der Waals surface area (Å²) < 4.78 is 5.08. The van der Waals surface area contributed by atoms with Gasteiger partial charge >= 0.3 is 0 Å². The molecule has 0 saturated heterocycles. The predicted octanol–water partition coefficient (Wildman–Crippen LogP) is 3.90. The van der Waals surface area contributed by atoms with E-state index in [2.05, 4.69) is 10.6 Å². The highest BCUT2D eigenvalue weighted by atomic mass is 35.5. The van der Waals surface area contributed by atoms with Gasteiger partial charge in [0.25, 0.3) is 0 Å². The van der Waals surface area contributed by atoms with Gasteiger partial charge in [0.15, 0.2) is 0 Å². The first-order valence-corrected chi connectivity index (χ1v) is 8.96. The lowest BCUT2D eigenvalue weighted by Crippen LogP contribution is -2.43. The summed E-state index contributed by atoms with van der Waals surface area (Å²) >= 11 is 11.9. The molecule has 2 amide bonds. The number of nitrogens with zero attached hydrogens (tertiary/aromatic N) is 1. The fourth-order valence-electron chi connectivity index (χ4n) is 2.27. The molecular weight excluding hydrogens is 389 g/mol. The van der Waals surface area contributed by atoms with E-state index in [0.29, 0.717) is 27.2 Å². The van der Waals surface area contributed by atoms with Crippen LogP contribution in [-0.2, 0) is 9.59 Å². The number of hydrogen-bond donors (Lipinski definition) is 2. The first kappa shape index (κ1) is 21.0. The molecule has 0 aromatic heterocycles. The Bertz CT molecular complexity index is 812. The fraction of sp³-hybridized carbons (Fsp3) is 0.263. The normalized spacial score (nSPS) is 11.8. The van der Waals surface area contributed by atoms with Gasteiger partial charge in [-0.25, -0.2) is 0 Å². The average molecular weight is 410 g/mol. The van der Waals surface area contributed by atoms with E-state index < -0.39 is 6.04 Å². The van der Waals surface area contributed by atoms with Crippen molar-refractivity contribution in [3.05, 3.63) is 52.5 Å². The molecule has 144 valence electrons. The summed E-state index contributed by atoms with van der Waals surface area (Å²) in [5.41, 5.74) is 1.12. The number of hydrogen-bond acceptors (Lipinski definition) is 4. The number of carbonyl (C=O) groups is 2. The summed E-state index contributed by atoms with van der Waals surface area (Å²) in [6.45, 7) is 1.76. The van der Waals surface area contributed by atoms with Crippen molar-refractivity contribution in [1.29, 1.82) is 0 Å². The van der Waals surface area contributed by atoms with Crippen LogP contribution in [0.1, 0.15) is 6.92 Å². The van der Waals surface area contributed by atoms with Crippen molar-refractivity contribution >= 4 is 46.4 Å². The molecule has 0 aliphatic rings. The maximum absolute atomic E-state index is 12.4. The maximum atomic E-state index is 12.4. The summed E-state index contributed by atoms with van der Waals surface area (Å²) in [5.74, 6) is 0.196. The molecule has 0 aliphatic carbocycles. The highest BCUT2D eigenvalue weighted by molar-refractivity contribution is 6.36. The molecule has 2 N–H and O–H groups in total. The maximum Gasteiger partial charge on any atom is 0.241 e. The quantitative estimate of drug-likeness (QED) is 0.727. The van der Waals surface area contributed by atoms with Gasteiger partial charge < -0.3 is 15.4 Å². The first-order chi connectivity index (χ1) is 12.8. The highest BCUT2D eigenvalue weighted by Crippen LogP contribution is 2.25. The van der Waals surface area contributed by atoms with E-state index in [1.165, 1.54) is 0 Å². The summed E-state index contributed by atoms with van der Waals surface area (Å²) in [4.78, 5) is 26.3. The standard InChI is InChI=1S/C19H21Cl2N3O3/c1-12(19(26)23-17-9-4-13(20)10-16(17)21)24(2)11-18(25)22-14-5-7-15(27-3)8-6-14/h4-10,12H,11H2,1-3H3,(H,22,25)(H,23,26)/t12-/m1/s1. The number of benzene rings is 2. The Morgan fingerprint density at radius 2 is 1.78 bits per heavy atom. The van der Waals surface area contributed by atoms with Crippen molar-refractivity contribution in [3.8, 4) is 5.75 Å². The Kier molecular flexibility index (Phi) is 7.47. The van der Waals surface area contributed by atoms with Gasteiger partial charge in [0.2, 0.25) is 11.8 Å². The summed E-state index contributed by atoms with van der Waals surface area (Å²) in [5, 5.41) is 6.35. The number of nitrogens with one attached hydrogen (secondary N) is 2. The third kappa shape index (κ3) is 6.13. The third-order valence-corrected chi connectivity index (χ3v) is 4.54. The molecule has 2 aromatic carbocycles. The van der Waals surface area contributed by atoms with Crippen molar-refractivity contribution in [2.24, 2.45) is 0 Å². The second-order valence-corrected chi connectivity index (χ2v) is 6.82. The molecule has 0 unspecified atom stereocenters. The lowest BCUT2D eigenvalue weighted by Gasteiger charge is -2.23. The molecule has 2 rings (SSSR count). The van der Waals surface area contributed by atoms with Gasteiger partial charge in [-0.2, -0.15) is 0 Å². The minimum atomic E-state index is -0.543. The summed E-state index contributed by atoms with van der Waals surface area (Å²) in [6, 6.07) is 11.3. The van der Waals surface area contributed by atoms with Gasteiger partial charge in [-0.3, -0.25) is 14.5 Å². The number of methoxy groups -OCH3 is 1. The minimum absolute atomic E-state index is 0.0506. The van der Waals surface area contributed by atoms with Gasteiger partial charge in [-0.15, -0.1) is 0 Å². The average Bonchev–Trinajstić information content (AvgIpc) is 2.63. The fourth-order valence-corrected chi connectivity index (χ4v) is 2.72. The molecule has 1 atom stereocenters. The third-order valence-electron chi connectivity index (χ3n) is 4.00. The Labute approximate surface area is 168 Å². The molecule has 0 fully saturated rings. The van der Waals surface area contributed by atoms with E-state index in [4.69, 9.17) is 27.9 Å². The zero-order chi connectivity index (χ0) is 20.0. The van der Waals surface area contributed by atoms with Crippen LogP contribution in [0.3, 0.4) is 0 Å². The SMILES string of the molecule is COc1ccc(NC(=O)CN(C)[C@H](C)C(=O)Nc2ccc(Cl)cc2Cl)cc1. The Morgan fingerprint density at radius 3 is 2.37 bits per heavy atom. The van der Waals surface area contributed by atoms with E-state index in [-0.39, 0.29) is 18.4 Å². The van der Waals surface area contributed by atoms with Crippen LogP contribution in [0.4, 0.5) is 11.4 Å². The van der Waals surface area contributed by atoms with Crippen molar-refractivity contribution in [3.63, 3.8) is 0 Å². The van der Waals surface area contributed by atoms with Crippen molar-refractivity contribution in [2.45, 2.75) is 13.0 Å². The topological polar surface area (TPSA) is 70.7 Å². The van der Waals surface area contributed by atoms with Gasteiger partial charge in [-0.05, 0) is 56.4 Å². The van der Waals surface area contributed by atoms with Crippen LogP contribution < -0.4 is 15.4 Å². The van der Waals surface area contributed by atoms with E-state index in [0.717, 1.165) is 0 Å².